The first kappa shape index (κ1) is 14.1. The minimum absolute atomic E-state index is 0.300. The first-order valence-electron chi connectivity index (χ1n) is 7.66. The zero-order valence-electron chi connectivity index (χ0n) is 12.4. The monoisotopic (exact) mass is 292 g/mol. The van der Waals surface area contributed by atoms with Crippen molar-refractivity contribution in [3.05, 3.63) is 22.4 Å². The minimum Gasteiger partial charge on any atom is -0.334 e. The third-order valence-corrected chi connectivity index (χ3v) is 5.36. The molecule has 1 atom stereocenters. The van der Waals surface area contributed by atoms with Gasteiger partial charge in [-0.15, -0.1) is 0 Å². The average molecular weight is 292 g/mol. The molecule has 20 heavy (non-hydrogen) atoms. The fraction of sp³-hybridized carbons (Fsp3) is 0.688. The third kappa shape index (κ3) is 3.41. The Bertz CT molecular complexity index is 451. The van der Waals surface area contributed by atoms with E-state index in [-0.39, 0.29) is 0 Å². The third-order valence-electron chi connectivity index (χ3n) is 4.63. The van der Waals surface area contributed by atoms with Crippen molar-refractivity contribution in [3.63, 3.8) is 0 Å². The summed E-state index contributed by atoms with van der Waals surface area (Å²) in [5.74, 6) is 1.12. The Kier molecular flexibility index (Phi) is 4.13. The number of hydrogen-bond donors (Lipinski definition) is 0. The first-order valence-corrected chi connectivity index (χ1v) is 8.60. The van der Waals surface area contributed by atoms with Gasteiger partial charge in [-0.2, -0.15) is 11.3 Å². The maximum atomic E-state index is 12.6. The smallest absolute Gasteiger partial charge is 0.237 e. The Morgan fingerprint density at radius 3 is 2.70 bits per heavy atom. The van der Waals surface area contributed by atoms with Crippen molar-refractivity contribution < 1.29 is 4.79 Å². The number of hydrogen-bond acceptors (Lipinski definition) is 3. The molecular weight excluding hydrogens is 268 g/mol. The molecule has 0 radical (unpaired) electrons. The molecular formula is C16H24N2OS. The standard InChI is InChI=1S/C16H24N2OS/c1-12(14-3-4-14)17(2)10-16(19)18(15-5-6-15)9-13-7-8-20-11-13/h7-8,11-12,14-15H,3-6,9-10H2,1-2H3/t12-/m1/s1. The summed E-state index contributed by atoms with van der Waals surface area (Å²) in [5.41, 5.74) is 1.27. The lowest BCUT2D eigenvalue weighted by atomic mass is 10.2. The van der Waals surface area contributed by atoms with Gasteiger partial charge in [0.2, 0.25) is 5.91 Å². The van der Waals surface area contributed by atoms with Crippen LogP contribution in [0.4, 0.5) is 0 Å². The Hall–Kier alpha value is -0.870. The lowest BCUT2D eigenvalue weighted by Gasteiger charge is -2.28. The van der Waals surface area contributed by atoms with Crippen LogP contribution >= 0.6 is 11.3 Å². The van der Waals surface area contributed by atoms with Gasteiger partial charge in [-0.3, -0.25) is 9.69 Å². The van der Waals surface area contributed by atoms with Crippen molar-refractivity contribution in [1.29, 1.82) is 0 Å². The fourth-order valence-corrected chi connectivity index (χ4v) is 3.43. The average Bonchev–Trinajstić information content (AvgIpc) is 3.34. The lowest BCUT2D eigenvalue weighted by molar-refractivity contribution is -0.133. The molecule has 2 aliphatic carbocycles. The van der Waals surface area contributed by atoms with Crippen LogP contribution in [-0.4, -0.2) is 41.4 Å². The quantitative estimate of drug-likeness (QED) is 0.771. The van der Waals surface area contributed by atoms with Gasteiger partial charge in [0.25, 0.3) is 0 Å². The van der Waals surface area contributed by atoms with Gasteiger partial charge >= 0.3 is 0 Å². The van der Waals surface area contributed by atoms with Crippen LogP contribution in [0, 0.1) is 5.92 Å². The van der Waals surface area contributed by atoms with E-state index in [4.69, 9.17) is 0 Å². The highest BCUT2D eigenvalue weighted by atomic mass is 32.1. The van der Waals surface area contributed by atoms with Gasteiger partial charge in [0.15, 0.2) is 0 Å². The van der Waals surface area contributed by atoms with Crippen LogP contribution in [0.15, 0.2) is 16.8 Å². The molecule has 0 unspecified atom stereocenters. The Morgan fingerprint density at radius 1 is 1.40 bits per heavy atom. The Balaban J connectivity index is 1.57. The van der Waals surface area contributed by atoms with Gasteiger partial charge in [-0.05, 0) is 68.0 Å². The summed E-state index contributed by atoms with van der Waals surface area (Å²) in [6.45, 7) is 3.61. The molecule has 0 aliphatic heterocycles. The predicted octanol–water partition coefficient (Wildman–Crippen LogP) is 2.97. The second-order valence-corrected chi connectivity index (χ2v) is 7.16. The van der Waals surface area contributed by atoms with E-state index in [9.17, 15) is 4.79 Å². The second-order valence-electron chi connectivity index (χ2n) is 6.38. The van der Waals surface area contributed by atoms with E-state index in [0.717, 1.165) is 12.5 Å². The SMILES string of the molecule is C[C@H](C1CC1)N(C)CC(=O)N(Cc1ccsc1)C1CC1. The number of thiophene rings is 1. The molecule has 0 N–H and O–H groups in total. The highest BCUT2D eigenvalue weighted by Gasteiger charge is 2.35. The van der Waals surface area contributed by atoms with Crippen LogP contribution in [0.1, 0.15) is 38.2 Å². The molecule has 1 aromatic rings. The second kappa shape index (κ2) is 5.86. The van der Waals surface area contributed by atoms with Gasteiger partial charge in [0, 0.05) is 18.6 Å². The van der Waals surface area contributed by atoms with Crippen LogP contribution in [0.2, 0.25) is 0 Å². The first-order chi connectivity index (χ1) is 9.65. The molecule has 1 heterocycles. The summed E-state index contributed by atoms with van der Waals surface area (Å²) in [5, 5.41) is 4.24. The largest absolute Gasteiger partial charge is 0.334 e. The van der Waals surface area contributed by atoms with Gasteiger partial charge in [-0.25, -0.2) is 0 Å². The summed E-state index contributed by atoms with van der Waals surface area (Å²) >= 11 is 1.71. The topological polar surface area (TPSA) is 23.6 Å². The molecule has 110 valence electrons. The van der Waals surface area contributed by atoms with E-state index in [1.807, 2.05) is 0 Å². The molecule has 3 rings (SSSR count). The van der Waals surface area contributed by atoms with Crippen molar-refractivity contribution in [1.82, 2.24) is 9.80 Å². The van der Waals surface area contributed by atoms with Crippen molar-refractivity contribution in [2.75, 3.05) is 13.6 Å². The molecule has 2 aliphatic rings. The van der Waals surface area contributed by atoms with Gasteiger partial charge in [0.1, 0.15) is 0 Å². The molecule has 0 bridgehead atoms. The van der Waals surface area contributed by atoms with E-state index < -0.39 is 0 Å². The summed E-state index contributed by atoms with van der Waals surface area (Å²) < 4.78 is 0. The normalized spacial score (nSPS) is 20.1. The lowest BCUT2D eigenvalue weighted by Crippen LogP contribution is -2.43. The van der Waals surface area contributed by atoms with Crippen LogP contribution in [0.3, 0.4) is 0 Å². The number of rotatable bonds is 7. The summed E-state index contributed by atoms with van der Waals surface area (Å²) in [6.07, 6.45) is 5.03. The summed E-state index contributed by atoms with van der Waals surface area (Å²) in [7, 11) is 2.09. The van der Waals surface area contributed by atoms with Crippen LogP contribution in [0.5, 0.6) is 0 Å². The van der Waals surface area contributed by atoms with E-state index in [2.05, 4.69) is 40.6 Å². The number of likely N-dealkylation sites (N-methyl/N-ethyl adjacent to an activating group) is 1. The molecule has 2 saturated carbocycles. The van der Waals surface area contributed by atoms with Crippen molar-refractivity contribution >= 4 is 17.2 Å². The van der Waals surface area contributed by atoms with Crippen LogP contribution < -0.4 is 0 Å². The highest BCUT2D eigenvalue weighted by Crippen LogP contribution is 2.35. The van der Waals surface area contributed by atoms with Crippen molar-refractivity contribution in [3.8, 4) is 0 Å². The maximum Gasteiger partial charge on any atom is 0.237 e. The highest BCUT2D eigenvalue weighted by molar-refractivity contribution is 7.07. The van der Waals surface area contributed by atoms with E-state index >= 15 is 0 Å². The van der Waals surface area contributed by atoms with E-state index in [1.54, 1.807) is 11.3 Å². The minimum atomic E-state index is 0.300. The van der Waals surface area contributed by atoms with E-state index in [1.165, 1.54) is 31.2 Å². The fourth-order valence-electron chi connectivity index (χ4n) is 2.77. The molecule has 3 nitrogen and oxygen atoms in total. The zero-order valence-corrected chi connectivity index (χ0v) is 13.2. The van der Waals surface area contributed by atoms with Gasteiger partial charge < -0.3 is 4.90 Å². The molecule has 2 fully saturated rings. The summed E-state index contributed by atoms with van der Waals surface area (Å²) in [4.78, 5) is 16.9. The molecule has 0 aromatic carbocycles. The zero-order chi connectivity index (χ0) is 14.1. The van der Waals surface area contributed by atoms with Crippen LogP contribution in [-0.2, 0) is 11.3 Å². The number of carbonyl (C=O) groups excluding carboxylic acids is 1. The van der Waals surface area contributed by atoms with Crippen LogP contribution in [0.25, 0.3) is 0 Å². The maximum absolute atomic E-state index is 12.6. The Labute approximate surface area is 125 Å². The molecule has 0 saturated heterocycles. The number of nitrogens with zero attached hydrogens (tertiary/aromatic N) is 2. The molecule has 0 spiro atoms. The summed E-state index contributed by atoms with van der Waals surface area (Å²) in [6, 6.07) is 3.16. The van der Waals surface area contributed by atoms with E-state index in [0.29, 0.717) is 24.5 Å². The number of carbonyl (C=O) groups is 1. The van der Waals surface area contributed by atoms with Crippen molar-refractivity contribution in [2.24, 2.45) is 5.92 Å². The molecule has 1 amide bonds. The van der Waals surface area contributed by atoms with Crippen molar-refractivity contribution in [2.45, 2.75) is 51.2 Å². The molecule has 1 aromatic heterocycles. The predicted molar refractivity (Wildman–Crippen MR) is 82.7 cm³/mol. The number of amides is 1. The molecule has 4 heteroatoms. The Morgan fingerprint density at radius 2 is 2.15 bits per heavy atom. The van der Waals surface area contributed by atoms with Gasteiger partial charge in [-0.1, -0.05) is 0 Å². The van der Waals surface area contributed by atoms with Gasteiger partial charge in [0.05, 0.1) is 6.54 Å².